The molecule has 4 heterocycles. The zero-order chi connectivity index (χ0) is 53.4. The summed E-state index contributed by atoms with van der Waals surface area (Å²) in [6.07, 6.45) is 10.2. The molecule has 5 fully saturated rings. The van der Waals surface area contributed by atoms with Gasteiger partial charge in [-0.05, 0) is 51.4 Å². The van der Waals surface area contributed by atoms with Gasteiger partial charge in [0, 0.05) is 63.2 Å². The Labute approximate surface area is 416 Å². The Kier molecular flexibility index (Phi) is 21.8. The third-order valence-corrected chi connectivity index (χ3v) is 14.0. The quantitative estimate of drug-likeness (QED) is 0.0581. The highest BCUT2D eigenvalue weighted by Gasteiger charge is 2.44. The predicted octanol–water partition coefficient (Wildman–Crippen LogP) is -1.33. The van der Waals surface area contributed by atoms with Gasteiger partial charge in [0.15, 0.2) is 5.57 Å². The number of aliphatic hydroxyl groups is 3. The van der Waals surface area contributed by atoms with Crippen LogP contribution in [0.25, 0.3) is 0 Å². The van der Waals surface area contributed by atoms with Crippen molar-refractivity contribution in [3.8, 4) is 0 Å². The van der Waals surface area contributed by atoms with E-state index in [0.29, 0.717) is 19.5 Å². The lowest BCUT2D eigenvalue weighted by atomic mass is 9.92. The first-order valence-corrected chi connectivity index (χ1v) is 24.0. The average Bonchev–Trinajstić information content (AvgIpc) is 4.24. The van der Waals surface area contributed by atoms with E-state index in [1.54, 1.807) is 0 Å². The minimum Gasteiger partial charge on any atom is -0.511 e. The van der Waals surface area contributed by atoms with Crippen LogP contribution in [-0.4, -0.2) is 160 Å². The second-order valence-corrected chi connectivity index (χ2v) is 18.2. The van der Waals surface area contributed by atoms with Crippen molar-refractivity contribution in [1.82, 2.24) is 37.2 Å². The molecule has 4 aliphatic heterocycles. The molecule has 4 aliphatic carbocycles. The van der Waals surface area contributed by atoms with Crippen LogP contribution >= 0.6 is 0 Å². The van der Waals surface area contributed by atoms with Crippen molar-refractivity contribution < 1.29 is 82.2 Å². The van der Waals surface area contributed by atoms with E-state index in [-0.39, 0.29) is 112 Å². The smallest absolute Gasteiger partial charge is 0.346 e. The first-order valence-electron chi connectivity index (χ1n) is 24.0. The van der Waals surface area contributed by atoms with Gasteiger partial charge in [-0.25, -0.2) is 4.79 Å². The maximum absolute atomic E-state index is 11.6. The lowest BCUT2D eigenvalue weighted by molar-refractivity contribution is -0.147. The van der Waals surface area contributed by atoms with Crippen molar-refractivity contribution in [3.63, 3.8) is 0 Å². The van der Waals surface area contributed by atoms with Gasteiger partial charge in [0.05, 0.1) is 52.2 Å². The minimum atomic E-state index is -0.768. The number of aliphatic hydroxyl groups excluding tert-OH is 3. The zero-order valence-electron chi connectivity index (χ0n) is 41.5. The maximum Gasteiger partial charge on any atom is 0.346 e. The van der Waals surface area contributed by atoms with Gasteiger partial charge in [0.1, 0.15) is 34.8 Å². The van der Waals surface area contributed by atoms with Crippen LogP contribution in [0.1, 0.15) is 83.5 Å². The molecule has 8 aliphatic rings. The number of carbonyl (C=O) groups is 10. The number of hydrogen-bond donors (Lipinski definition) is 11. The van der Waals surface area contributed by atoms with Crippen LogP contribution in [0.4, 0.5) is 0 Å². The highest BCUT2D eigenvalue weighted by atomic mass is 16.5. The molecule has 8 rings (SSSR count). The van der Waals surface area contributed by atoms with E-state index in [9.17, 15) is 63.3 Å². The van der Waals surface area contributed by atoms with Crippen molar-refractivity contribution in [2.75, 3.05) is 55.6 Å². The molecule has 0 bridgehead atoms. The van der Waals surface area contributed by atoms with E-state index in [4.69, 9.17) is 5.73 Å². The number of rotatable bonds is 8. The molecular formula is C47H70N8O17. The average molecular weight is 1020 g/mol. The number of hydrogen-bond acceptors (Lipinski definition) is 19. The lowest BCUT2D eigenvalue weighted by Crippen LogP contribution is -2.49. The standard InChI is InChI=1S/C11H17NO5.C10H14N2O3.C10H13NO4.C9H13N3O3.C7H13NO2/c1-16-10(14)6-9(13)12-8-5-3-4-7(8)11(15)17-2;1-11-9(14)7-8(13)5-3-2-4-6(5)12-10(7)15;1-15-10(14)7-8(12)5-3-2-4-6(5)11-9(7)13;1-10-8(14)6-7(13)4-2-11-3-5(4)12-9(6)15;1-10-7(9)5-3-2-4-6(5)8/h7-8H,3-6H2,1-2H3,(H,12,13);5-6,13H,2-4H2,1H3,(H,11,14)(H,12,15);5-6,12H,2-4H2,1H3,(H,11,13);4-5,11,13H,2-3H2,1H3,(H,10,14)(H,12,15);5-6H,2-4,8H2,1H3. The molecule has 12 N–H and O–H groups in total. The molecular weight excluding hydrogens is 949 g/mol. The van der Waals surface area contributed by atoms with E-state index in [0.717, 1.165) is 70.6 Å². The molecule has 0 aromatic heterocycles. The van der Waals surface area contributed by atoms with Crippen LogP contribution in [-0.2, 0) is 66.9 Å². The Morgan fingerprint density at radius 3 is 1.50 bits per heavy atom. The minimum absolute atomic E-state index is 0.00547. The van der Waals surface area contributed by atoms with Crippen molar-refractivity contribution in [2.45, 2.75) is 114 Å². The van der Waals surface area contributed by atoms with Crippen molar-refractivity contribution >= 4 is 59.3 Å². The van der Waals surface area contributed by atoms with Crippen LogP contribution in [0.5, 0.6) is 0 Å². The number of amides is 6. The van der Waals surface area contributed by atoms with E-state index in [2.05, 4.69) is 56.2 Å². The number of nitrogens with two attached hydrogens (primary N) is 1. The van der Waals surface area contributed by atoms with Gasteiger partial charge in [0.25, 0.3) is 29.5 Å². The van der Waals surface area contributed by atoms with E-state index in [1.165, 1.54) is 42.5 Å². The highest BCUT2D eigenvalue weighted by molar-refractivity contribution is 6.20. The summed E-state index contributed by atoms with van der Waals surface area (Å²) in [4.78, 5) is 113. The molecule has 72 heavy (non-hydrogen) atoms. The Hall–Kier alpha value is -6.76. The summed E-state index contributed by atoms with van der Waals surface area (Å²) < 4.78 is 18.1. The van der Waals surface area contributed by atoms with Crippen LogP contribution in [0.3, 0.4) is 0 Å². The topological polar surface area (TPSA) is 379 Å². The molecule has 6 amide bonds. The summed E-state index contributed by atoms with van der Waals surface area (Å²) >= 11 is 0. The number of ether oxygens (including phenoxy) is 4. The molecule has 25 heteroatoms. The third kappa shape index (κ3) is 14.2. The molecule has 0 radical (unpaired) electrons. The van der Waals surface area contributed by atoms with Gasteiger partial charge >= 0.3 is 23.9 Å². The Morgan fingerprint density at radius 1 is 0.556 bits per heavy atom. The first-order chi connectivity index (χ1) is 34.3. The van der Waals surface area contributed by atoms with E-state index in [1.807, 2.05) is 0 Å². The van der Waals surface area contributed by atoms with Crippen molar-refractivity contribution in [2.24, 2.45) is 35.3 Å². The monoisotopic (exact) mass is 1020 g/mol. The number of methoxy groups -OCH3 is 4. The molecule has 10 atom stereocenters. The number of nitrogens with one attached hydrogen (secondary N) is 7. The van der Waals surface area contributed by atoms with Crippen LogP contribution in [0.15, 0.2) is 34.0 Å². The fourth-order valence-corrected chi connectivity index (χ4v) is 10.1. The van der Waals surface area contributed by atoms with E-state index >= 15 is 0 Å². The molecule has 10 unspecified atom stereocenters. The summed E-state index contributed by atoms with van der Waals surface area (Å²) in [5.41, 5.74) is 5.13. The molecule has 0 aromatic carbocycles. The van der Waals surface area contributed by atoms with Crippen molar-refractivity contribution in [3.05, 3.63) is 34.0 Å². The Bertz CT molecular complexity index is 2020. The van der Waals surface area contributed by atoms with Crippen LogP contribution < -0.4 is 43.0 Å². The number of carbonyl (C=O) groups excluding carboxylic acids is 10. The highest BCUT2D eigenvalue weighted by Crippen LogP contribution is 2.36. The van der Waals surface area contributed by atoms with Gasteiger partial charge in [-0.1, -0.05) is 25.7 Å². The van der Waals surface area contributed by atoms with Gasteiger partial charge in [-0.15, -0.1) is 0 Å². The fraction of sp³-hybridized carbons (Fsp3) is 0.660. The van der Waals surface area contributed by atoms with Gasteiger partial charge in [-0.3, -0.25) is 43.2 Å². The number of esters is 4. The summed E-state index contributed by atoms with van der Waals surface area (Å²) in [5.74, 6) is -5.76. The second kappa shape index (κ2) is 27.2. The predicted molar refractivity (Wildman–Crippen MR) is 251 cm³/mol. The Morgan fingerprint density at radius 2 is 1.01 bits per heavy atom. The van der Waals surface area contributed by atoms with Crippen LogP contribution in [0.2, 0.25) is 0 Å². The second-order valence-electron chi connectivity index (χ2n) is 18.2. The van der Waals surface area contributed by atoms with Gasteiger partial charge in [-0.2, -0.15) is 0 Å². The zero-order valence-corrected chi connectivity index (χ0v) is 41.5. The summed E-state index contributed by atoms with van der Waals surface area (Å²) in [6.45, 7) is 1.21. The summed E-state index contributed by atoms with van der Waals surface area (Å²) in [5, 5.41) is 48.1. The molecule has 25 nitrogen and oxygen atoms in total. The number of likely N-dealkylation sites (N-methyl/N-ethyl adjacent to an activating group) is 2. The maximum atomic E-state index is 11.6. The molecule has 1 saturated heterocycles. The molecule has 0 spiro atoms. The third-order valence-electron chi connectivity index (χ3n) is 14.0. The normalized spacial score (nSPS) is 28.5. The van der Waals surface area contributed by atoms with Gasteiger partial charge in [0.2, 0.25) is 5.91 Å². The Balaban J connectivity index is 0.000000197. The largest absolute Gasteiger partial charge is 0.511 e. The van der Waals surface area contributed by atoms with Crippen molar-refractivity contribution in [1.29, 1.82) is 0 Å². The fourth-order valence-electron chi connectivity index (χ4n) is 10.1. The molecule has 400 valence electrons. The van der Waals surface area contributed by atoms with E-state index < -0.39 is 47.4 Å². The molecule has 0 aromatic rings. The van der Waals surface area contributed by atoms with Gasteiger partial charge < -0.3 is 77.2 Å². The first kappa shape index (κ1) is 57.8. The summed E-state index contributed by atoms with van der Waals surface area (Å²) in [7, 11) is 8.02. The summed E-state index contributed by atoms with van der Waals surface area (Å²) in [6, 6.07) is -0.324. The SMILES string of the molecule is CNC(=O)C1=C(O)C2CCCC2NC1=O.CNC(=O)C1=C(O)C2CNCC2NC1=O.COC(=O)C1=C(O)C2CCCC2NC1=O.COC(=O)C1CCCC1N.COC(=O)CC(=O)NC1CCCC1C(=O)OC. The lowest BCUT2D eigenvalue weighted by Gasteiger charge is -2.27. The molecule has 4 saturated carbocycles. The number of fused-ring (bicyclic) bond motifs is 3. The van der Waals surface area contributed by atoms with Crippen LogP contribution in [0, 0.1) is 29.6 Å².